The third-order valence-electron chi connectivity index (χ3n) is 5.93. The third kappa shape index (κ3) is 28.6. The van der Waals surface area contributed by atoms with Gasteiger partial charge in [0.05, 0.1) is 27.7 Å². The van der Waals surface area contributed by atoms with Crippen molar-refractivity contribution in [2.75, 3.05) is 27.7 Å². The quantitative estimate of drug-likeness (QED) is 0.139. The minimum Gasteiger partial charge on any atom is -1.00 e. The topological polar surface area (TPSA) is 0 Å². The molecule has 0 saturated carbocycles. The minimum absolute atomic E-state index is 0. The van der Waals surface area contributed by atoms with Gasteiger partial charge >= 0.3 is 0 Å². The molecule has 0 rings (SSSR count). The standard InChI is InChI=1S/C26H56N.BrH/c1-5-6-7-8-9-10-11-12-13-14-15-16-17-18-19-20-21-22-23-24-25-26-27(2,3)4;/h5-26H2,1-4H3;1H/q+1;/p-1. The maximum Gasteiger partial charge on any atom is 0.0780 e. The molecule has 28 heavy (non-hydrogen) atoms. The molecule has 0 aromatic heterocycles. The van der Waals surface area contributed by atoms with E-state index in [-0.39, 0.29) is 17.0 Å². The first-order chi connectivity index (χ1) is 13.1. The van der Waals surface area contributed by atoms with E-state index in [1.807, 2.05) is 0 Å². The van der Waals surface area contributed by atoms with Crippen LogP contribution in [-0.4, -0.2) is 32.2 Å². The van der Waals surface area contributed by atoms with Crippen molar-refractivity contribution in [3.63, 3.8) is 0 Å². The Morgan fingerprint density at radius 2 is 0.571 bits per heavy atom. The summed E-state index contributed by atoms with van der Waals surface area (Å²) in [6, 6.07) is 0. The fraction of sp³-hybridized carbons (Fsp3) is 1.00. The predicted molar refractivity (Wildman–Crippen MR) is 126 cm³/mol. The molecule has 172 valence electrons. The Kier molecular flexibility index (Phi) is 25.9. The molecule has 0 atom stereocenters. The Morgan fingerprint density at radius 1 is 0.357 bits per heavy atom. The molecule has 0 aromatic carbocycles. The molecule has 0 heterocycles. The van der Waals surface area contributed by atoms with Crippen molar-refractivity contribution in [1.82, 2.24) is 0 Å². The molecule has 0 N–H and O–H groups in total. The fourth-order valence-electron chi connectivity index (χ4n) is 4.02. The molecule has 0 aliphatic rings. The first kappa shape index (κ1) is 30.6. The van der Waals surface area contributed by atoms with E-state index in [1.54, 1.807) is 0 Å². The highest BCUT2D eigenvalue weighted by molar-refractivity contribution is 4.51. The van der Waals surface area contributed by atoms with Crippen molar-refractivity contribution >= 4 is 0 Å². The second kappa shape index (κ2) is 23.7. The van der Waals surface area contributed by atoms with Crippen LogP contribution in [0.4, 0.5) is 0 Å². The molecule has 0 fully saturated rings. The number of quaternary nitrogens is 1. The van der Waals surface area contributed by atoms with E-state index in [0.29, 0.717) is 0 Å². The highest BCUT2D eigenvalue weighted by Crippen LogP contribution is 2.15. The van der Waals surface area contributed by atoms with Crippen LogP contribution in [0.3, 0.4) is 0 Å². The van der Waals surface area contributed by atoms with Crippen LogP contribution in [0, 0.1) is 0 Å². The summed E-state index contributed by atoms with van der Waals surface area (Å²) in [5, 5.41) is 0. The molecule has 0 amide bonds. The zero-order valence-corrected chi connectivity index (χ0v) is 22.0. The van der Waals surface area contributed by atoms with Crippen LogP contribution >= 0.6 is 0 Å². The van der Waals surface area contributed by atoms with Crippen LogP contribution in [-0.2, 0) is 0 Å². The molecular formula is C26H56BrN. The molecule has 0 spiro atoms. The summed E-state index contributed by atoms with van der Waals surface area (Å²) >= 11 is 0. The van der Waals surface area contributed by atoms with Gasteiger partial charge in [-0.25, -0.2) is 0 Å². The predicted octanol–water partition coefficient (Wildman–Crippen LogP) is 5.91. The monoisotopic (exact) mass is 461 g/mol. The van der Waals surface area contributed by atoms with E-state index < -0.39 is 0 Å². The van der Waals surface area contributed by atoms with Gasteiger partial charge in [0.1, 0.15) is 0 Å². The smallest absolute Gasteiger partial charge is 0.0780 e. The lowest BCUT2D eigenvalue weighted by Crippen LogP contribution is -3.00. The zero-order valence-electron chi connectivity index (χ0n) is 20.4. The first-order valence-electron chi connectivity index (χ1n) is 12.9. The van der Waals surface area contributed by atoms with Gasteiger partial charge in [0.2, 0.25) is 0 Å². The number of rotatable bonds is 22. The number of hydrogen-bond acceptors (Lipinski definition) is 0. The van der Waals surface area contributed by atoms with Gasteiger partial charge in [0.15, 0.2) is 0 Å². The van der Waals surface area contributed by atoms with E-state index in [0.717, 1.165) is 4.48 Å². The first-order valence-corrected chi connectivity index (χ1v) is 12.9. The van der Waals surface area contributed by atoms with Crippen LogP contribution in [0.1, 0.15) is 142 Å². The molecule has 0 radical (unpaired) electrons. The molecule has 0 bridgehead atoms. The maximum absolute atomic E-state index is 2.30. The van der Waals surface area contributed by atoms with Gasteiger partial charge in [0.25, 0.3) is 0 Å². The summed E-state index contributed by atoms with van der Waals surface area (Å²) in [5.41, 5.74) is 0. The fourth-order valence-corrected chi connectivity index (χ4v) is 4.02. The largest absolute Gasteiger partial charge is 1.00 e. The summed E-state index contributed by atoms with van der Waals surface area (Å²) in [6.45, 7) is 3.63. The minimum atomic E-state index is 0. The van der Waals surface area contributed by atoms with Gasteiger partial charge in [0, 0.05) is 0 Å². The molecule has 0 saturated heterocycles. The van der Waals surface area contributed by atoms with Gasteiger partial charge in [-0.15, -0.1) is 0 Å². The van der Waals surface area contributed by atoms with Gasteiger partial charge in [-0.1, -0.05) is 129 Å². The lowest BCUT2D eigenvalue weighted by Gasteiger charge is -2.23. The second-order valence-corrected chi connectivity index (χ2v) is 10.1. The molecule has 2 heteroatoms. The van der Waals surface area contributed by atoms with Gasteiger partial charge in [-0.05, 0) is 12.8 Å². The molecule has 0 unspecified atom stereocenters. The summed E-state index contributed by atoms with van der Waals surface area (Å²) in [5.74, 6) is 0. The van der Waals surface area contributed by atoms with Gasteiger partial charge < -0.3 is 21.5 Å². The van der Waals surface area contributed by atoms with Crippen molar-refractivity contribution in [2.24, 2.45) is 0 Å². The van der Waals surface area contributed by atoms with Crippen molar-refractivity contribution in [1.29, 1.82) is 0 Å². The number of nitrogens with zero attached hydrogens (tertiary/aromatic N) is 1. The number of unbranched alkanes of at least 4 members (excludes halogenated alkanes) is 20. The van der Waals surface area contributed by atoms with E-state index >= 15 is 0 Å². The summed E-state index contributed by atoms with van der Waals surface area (Å²) < 4.78 is 1.12. The van der Waals surface area contributed by atoms with Crippen LogP contribution in [0.15, 0.2) is 0 Å². The van der Waals surface area contributed by atoms with E-state index in [1.165, 1.54) is 141 Å². The lowest BCUT2D eigenvalue weighted by molar-refractivity contribution is -0.870. The molecule has 0 aromatic rings. The average molecular weight is 463 g/mol. The van der Waals surface area contributed by atoms with Gasteiger partial charge in [-0.3, -0.25) is 0 Å². The molecule has 0 aliphatic carbocycles. The number of halogens is 1. The lowest BCUT2D eigenvalue weighted by atomic mass is 10.0. The second-order valence-electron chi connectivity index (χ2n) is 10.1. The maximum atomic E-state index is 2.30. The summed E-state index contributed by atoms with van der Waals surface area (Å²) in [4.78, 5) is 0. The Labute approximate surface area is 190 Å². The van der Waals surface area contributed by atoms with Gasteiger partial charge in [-0.2, -0.15) is 0 Å². The SMILES string of the molecule is CCCCCCCCCCCCCCCCCCCCCCC[N+](C)(C)C.[Br-]. The molecule has 1 nitrogen and oxygen atoms in total. The Morgan fingerprint density at radius 3 is 0.786 bits per heavy atom. The van der Waals surface area contributed by atoms with E-state index in [4.69, 9.17) is 0 Å². The van der Waals surface area contributed by atoms with E-state index in [2.05, 4.69) is 28.1 Å². The van der Waals surface area contributed by atoms with Crippen LogP contribution < -0.4 is 17.0 Å². The Hall–Kier alpha value is 0.440. The highest BCUT2D eigenvalue weighted by Gasteiger charge is 2.04. The molecular weight excluding hydrogens is 406 g/mol. The van der Waals surface area contributed by atoms with Crippen molar-refractivity contribution in [3.05, 3.63) is 0 Å². The van der Waals surface area contributed by atoms with E-state index in [9.17, 15) is 0 Å². The van der Waals surface area contributed by atoms with Crippen LogP contribution in [0.2, 0.25) is 0 Å². The average Bonchev–Trinajstić information content (AvgIpc) is 2.62. The summed E-state index contributed by atoms with van der Waals surface area (Å²) in [7, 11) is 6.91. The highest BCUT2D eigenvalue weighted by atomic mass is 79.9. The Balaban J connectivity index is 0. The normalized spacial score (nSPS) is 11.6. The van der Waals surface area contributed by atoms with Crippen LogP contribution in [0.25, 0.3) is 0 Å². The number of hydrogen-bond donors (Lipinski definition) is 0. The van der Waals surface area contributed by atoms with Crippen molar-refractivity contribution in [2.45, 2.75) is 142 Å². The Bertz CT molecular complexity index is 272. The zero-order chi connectivity index (χ0) is 20.1. The van der Waals surface area contributed by atoms with Crippen LogP contribution in [0.5, 0.6) is 0 Å². The third-order valence-corrected chi connectivity index (χ3v) is 5.93. The molecule has 0 aliphatic heterocycles. The summed E-state index contributed by atoms with van der Waals surface area (Å²) in [6.07, 6.45) is 30.8. The van der Waals surface area contributed by atoms with Crippen molar-refractivity contribution in [3.8, 4) is 0 Å². The van der Waals surface area contributed by atoms with Crippen molar-refractivity contribution < 1.29 is 21.5 Å².